The van der Waals surface area contributed by atoms with Crippen LogP contribution < -0.4 is 16.8 Å². The van der Waals surface area contributed by atoms with E-state index in [1.54, 1.807) is 6.92 Å². The Morgan fingerprint density at radius 2 is 1.94 bits per heavy atom. The lowest BCUT2D eigenvalue weighted by atomic mass is 10.1. The van der Waals surface area contributed by atoms with E-state index in [0.29, 0.717) is 13.0 Å². The topological polar surface area (TPSA) is 136 Å². The van der Waals surface area contributed by atoms with Crippen LogP contribution in [0.15, 0.2) is 0 Å². The van der Waals surface area contributed by atoms with Crippen molar-refractivity contribution in [2.24, 2.45) is 17.4 Å². The first kappa shape index (κ1) is 14.4. The Hall–Kier alpha value is -1.63. The minimum atomic E-state index is -1.29. The molecule has 2 amide bonds. The van der Waals surface area contributed by atoms with Gasteiger partial charge in [-0.3, -0.25) is 9.59 Å². The number of aliphatic carboxylic acids is 1. The van der Waals surface area contributed by atoms with E-state index in [1.165, 1.54) is 0 Å². The predicted molar refractivity (Wildman–Crippen MR) is 56.2 cm³/mol. The van der Waals surface area contributed by atoms with Gasteiger partial charge in [0.1, 0.15) is 6.04 Å². The molecular formula is C9H17N3O4. The molecular weight excluding hydrogens is 214 g/mol. The Morgan fingerprint density at radius 3 is 2.31 bits per heavy atom. The molecule has 6 N–H and O–H groups in total. The highest BCUT2D eigenvalue weighted by Gasteiger charge is 2.24. The van der Waals surface area contributed by atoms with Crippen LogP contribution in [0.5, 0.6) is 0 Å². The van der Waals surface area contributed by atoms with Crippen LogP contribution in [0.2, 0.25) is 0 Å². The third-order valence-corrected chi connectivity index (χ3v) is 2.07. The van der Waals surface area contributed by atoms with Crippen molar-refractivity contribution in [3.63, 3.8) is 0 Å². The van der Waals surface area contributed by atoms with Gasteiger partial charge in [-0.25, -0.2) is 4.79 Å². The third kappa shape index (κ3) is 5.30. The summed E-state index contributed by atoms with van der Waals surface area (Å²) in [4.78, 5) is 32.7. The lowest BCUT2D eigenvalue weighted by Crippen LogP contribution is -2.45. The number of carbonyl (C=O) groups excluding carboxylic acids is 2. The molecule has 2 atom stereocenters. The van der Waals surface area contributed by atoms with Crippen molar-refractivity contribution in [1.29, 1.82) is 0 Å². The van der Waals surface area contributed by atoms with Crippen molar-refractivity contribution >= 4 is 17.8 Å². The number of amides is 2. The normalized spacial score (nSPS) is 13.9. The summed E-state index contributed by atoms with van der Waals surface area (Å²) in [7, 11) is 0. The van der Waals surface area contributed by atoms with Gasteiger partial charge in [-0.05, 0) is 13.0 Å². The molecule has 0 aromatic heterocycles. The molecule has 0 bridgehead atoms. The Labute approximate surface area is 93.2 Å². The van der Waals surface area contributed by atoms with Crippen LogP contribution in [-0.2, 0) is 14.4 Å². The van der Waals surface area contributed by atoms with Gasteiger partial charge in [0.15, 0.2) is 0 Å². The number of primary amides is 1. The maximum Gasteiger partial charge on any atom is 0.326 e. The predicted octanol–water partition coefficient (Wildman–Crippen LogP) is -1.58. The van der Waals surface area contributed by atoms with E-state index in [1.807, 2.05) is 0 Å². The van der Waals surface area contributed by atoms with E-state index >= 15 is 0 Å². The van der Waals surface area contributed by atoms with Crippen molar-refractivity contribution in [2.75, 3.05) is 6.54 Å². The van der Waals surface area contributed by atoms with Crippen LogP contribution >= 0.6 is 0 Å². The molecule has 0 aliphatic heterocycles. The van der Waals surface area contributed by atoms with Gasteiger partial charge in [0.2, 0.25) is 11.8 Å². The van der Waals surface area contributed by atoms with Gasteiger partial charge >= 0.3 is 5.97 Å². The number of nitrogens with one attached hydrogen (secondary N) is 1. The first-order valence-electron chi connectivity index (χ1n) is 4.90. The van der Waals surface area contributed by atoms with Gasteiger partial charge in [-0.2, -0.15) is 0 Å². The highest BCUT2D eigenvalue weighted by atomic mass is 16.4. The molecule has 1 unspecified atom stereocenters. The number of rotatable bonds is 7. The zero-order chi connectivity index (χ0) is 12.7. The Balaban J connectivity index is 4.34. The first-order valence-corrected chi connectivity index (χ1v) is 4.90. The molecule has 0 aliphatic rings. The zero-order valence-electron chi connectivity index (χ0n) is 9.10. The second kappa shape index (κ2) is 6.78. The molecule has 0 saturated heterocycles. The van der Waals surface area contributed by atoms with Crippen molar-refractivity contribution < 1.29 is 19.5 Å². The van der Waals surface area contributed by atoms with Crippen LogP contribution in [0.1, 0.15) is 19.8 Å². The van der Waals surface area contributed by atoms with Gasteiger partial charge in [0, 0.05) is 5.92 Å². The molecule has 0 aliphatic carbocycles. The van der Waals surface area contributed by atoms with Crippen LogP contribution in [-0.4, -0.2) is 35.5 Å². The van der Waals surface area contributed by atoms with Crippen LogP contribution in [0, 0.1) is 5.92 Å². The van der Waals surface area contributed by atoms with E-state index in [-0.39, 0.29) is 5.92 Å². The molecule has 0 heterocycles. The molecule has 0 spiro atoms. The standard InChI is InChI=1S/C9H17N3O4/c1-5(2-3-10)8(14)12-6(9(15)16)4-7(11)13/h5-6H,2-4,10H2,1H3,(H2,11,13)(H,12,14)(H,15,16)/t5?,6-/m1/s1. The second-order valence-electron chi connectivity index (χ2n) is 3.55. The fraction of sp³-hybridized carbons (Fsp3) is 0.667. The molecule has 0 aromatic rings. The molecule has 0 aromatic carbocycles. The maximum absolute atomic E-state index is 11.4. The highest BCUT2D eigenvalue weighted by molar-refractivity contribution is 5.88. The molecule has 7 heteroatoms. The van der Waals surface area contributed by atoms with Crippen molar-refractivity contribution in [3.8, 4) is 0 Å². The van der Waals surface area contributed by atoms with Gasteiger partial charge in [-0.1, -0.05) is 6.92 Å². The van der Waals surface area contributed by atoms with E-state index in [0.717, 1.165) is 0 Å². The van der Waals surface area contributed by atoms with E-state index < -0.39 is 30.2 Å². The molecule has 0 saturated carbocycles. The molecule has 0 fully saturated rings. The van der Waals surface area contributed by atoms with Crippen molar-refractivity contribution in [1.82, 2.24) is 5.32 Å². The molecule has 0 radical (unpaired) electrons. The Morgan fingerprint density at radius 1 is 1.38 bits per heavy atom. The summed E-state index contributed by atoms with van der Waals surface area (Å²) in [6.07, 6.45) is 0.0329. The molecule has 92 valence electrons. The Kier molecular flexibility index (Phi) is 6.09. The fourth-order valence-corrected chi connectivity index (χ4v) is 1.10. The van der Waals surface area contributed by atoms with Gasteiger partial charge in [0.25, 0.3) is 0 Å². The minimum absolute atomic E-state index is 0.335. The summed E-state index contributed by atoms with van der Waals surface area (Å²) in [5, 5.41) is 11.0. The zero-order valence-corrected chi connectivity index (χ0v) is 9.10. The van der Waals surface area contributed by atoms with Crippen LogP contribution in [0.25, 0.3) is 0 Å². The number of hydrogen-bond acceptors (Lipinski definition) is 4. The molecule has 7 nitrogen and oxygen atoms in total. The van der Waals surface area contributed by atoms with Crippen molar-refractivity contribution in [3.05, 3.63) is 0 Å². The summed E-state index contributed by atoms with van der Waals surface area (Å²) >= 11 is 0. The van der Waals surface area contributed by atoms with Crippen LogP contribution in [0.3, 0.4) is 0 Å². The van der Waals surface area contributed by atoms with Gasteiger partial charge < -0.3 is 21.9 Å². The summed E-state index contributed by atoms with van der Waals surface area (Å²) < 4.78 is 0. The molecule has 16 heavy (non-hydrogen) atoms. The SMILES string of the molecule is CC(CCN)C(=O)N[C@H](CC(N)=O)C(=O)O. The summed E-state index contributed by atoms with van der Waals surface area (Å²) in [6, 6.07) is -1.27. The highest BCUT2D eigenvalue weighted by Crippen LogP contribution is 2.02. The number of hydrogen-bond donors (Lipinski definition) is 4. The summed E-state index contributed by atoms with van der Waals surface area (Å²) in [5.41, 5.74) is 10.1. The van der Waals surface area contributed by atoms with E-state index in [4.69, 9.17) is 16.6 Å². The van der Waals surface area contributed by atoms with Crippen molar-refractivity contribution in [2.45, 2.75) is 25.8 Å². The number of nitrogens with two attached hydrogens (primary N) is 2. The minimum Gasteiger partial charge on any atom is -0.480 e. The lowest BCUT2D eigenvalue weighted by molar-refractivity contribution is -0.143. The fourth-order valence-electron chi connectivity index (χ4n) is 1.10. The largest absolute Gasteiger partial charge is 0.480 e. The monoisotopic (exact) mass is 231 g/mol. The first-order chi connectivity index (χ1) is 7.38. The van der Waals surface area contributed by atoms with E-state index in [2.05, 4.69) is 5.32 Å². The average molecular weight is 231 g/mol. The van der Waals surface area contributed by atoms with Crippen LogP contribution in [0.4, 0.5) is 0 Å². The second-order valence-corrected chi connectivity index (χ2v) is 3.55. The number of carboxylic acid groups (broad SMARTS) is 1. The maximum atomic E-state index is 11.4. The molecule has 0 rings (SSSR count). The summed E-state index contributed by atoms with van der Waals surface area (Å²) in [5.74, 6) is -2.90. The van der Waals surface area contributed by atoms with Gasteiger partial charge in [-0.15, -0.1) is 0 Å². The quantitative estimate of drug-likeness (QED) is 0.419. The van der Waals surface area contributed by atoms with E-state index in [9.17, 15) is 14.4 Å². The number of carboxylic acids is 1. The number of carbonyl (C=O) groups is 3. The smallest absolute Gasteiger partial charge is 0.326 e. The average Bonchev–Trinajstić information content (AvgIpc) is 2.16. The van der Waals surface area contributed by atoms with Gasteiger partial charge in [0.05, 0.1) is 6.42 Å². The lowest BCUT2D eigenvalue weighted by Gasteiger charge is -2.16. The Bertz CT molecular complexity index is 280. The third-order valence-electron chi connectivity index (χ3n) is 2.07. The summed E-state index contributed by atoms with van der Waals surface area (Å²) in [6.45, 7) is 1.97.